The number of alkyl halides is 1. The van der Waals surface area contributed by atoms with Gasteiger partial charge in [0, 0.05) is 30.3 Å². The molecule has 2 aliphatic heterocycles. The SMILES string of the molecule is O=C(C1CSCCS1)N1CCC(F)(C2CC2)CC1. The molecular formula is C13H20FNOS2. The molecule has 102 valence electrons. The van der Waals surface area contributed by atoms with Crippen LogP contribution in [0.3, 0.4) is 0 Å². The molecule has 1 atom stereocenters. The average molecular weight is 289 g/mol. The molecule has 5 heteroatoms. The van der Waals surface area contributed by atoms with Crippen LogP contribution in [0.15, 0.2) is 0 Å². The third-order valence-corrected chi connectivity index (χ3v) is 7.05. The molecule has 0 bridgehead atoms. The lowest BCUT2D eigenvalue weighted by Crippen LogP contribution is -2.49. The summed E-state index contributed by atoms with van der Waals surface area (Å²) in [5.41, 5.74) is -0.953. The van der Waals surface area contributed by atoms with Gasteiger partial charge in [0.05, 0.1) is 5.25 Å². The van der Waals surface area contributed by atoms with Gasteiger partial charge in [-0.25, -0.2) is 4.39 Å². The molecule has 18 heavy (non-hydrogen) atoms. The van der Waals surface area contributed by atoms with Crippen molar-refractivity contribution < 1.29 is 9.18 Å². The number of likely N-dealkylation sites (tertiary alicyclic amines) is 1. The van der Waals surface area contributed by atoms with Crippen molar-refractivity contribution in [1.29, 1.82) is 0 Å². The Balaban J connectivity index is 1.53. The van der Waals surface area contributed by atoms with Crippen molar-refractivity contribution in [3.05, 3.63) is 0 Å². The minimum absolute atomic E-state index is 0.122. The van der Waals surface area contributed by atoms with Crippen molar-refractivity contribution in [2.75, 3.05) is 30.3 Å². The van der Waals surface area contributed by atoms with E-state index < -0.39 is 5.67 Å². The quantitative estimate of drug-likeness (QED) is 0.779. The van der Waals surface area contributed by atoms with Gasteiger partial charge in [-0.3, -0.25) is 4.79 Å². The van der Waals surface area contributed by atoms with Gasteiger partial charge in [-0.05, 0) is 31.6 Å². The normalized spacial score (nSPS) is 32.3. The number of amides is 1. The summed E-state index contributed by atoms with van der Waals surface area (Å²) in [6.07, 6.45) is 3.24. The highest BCUT2D eigenvalue weighted by molar-refractivity contribution is 8.07. The largest absolute Gasteiger partial charge is 0.341 e. The fraction of sp³-hybridized carbons (Fsp3) is 0.923. The minimum atomic E-state index is -0.953. The van der Waals surface area contributed by atoms with E-state index in [9.17, 15) is 9.18 Å². The Bertz CT molecular complexity index is 321. The highest BCUT2D eigenvalue weighted by atomic mass is 32.2. The lowest BCUT2D eigenvalue weighted by Gasteiger charge is -2.38. The van der Waals surface area contributed by atoms with Crippen molar-refractivity contribution in [2.24, 2.45) is 5.92 Å². The number of carbonyl (C=O) groups is 1. The highest BCUT2D eigenvalue weighted by Crippen LogP contribution is 2.47. The van der Waals surface area contributed by atoms with Gasteiger partial charge in [0.25, 0.3) is 0 Å². The first-order valence-electron chi connectivity index (χ1n) is 6.86. The van der Waals surface area contributed by atoms with E-state index >= 15 is 0 Å². The molecule has 0 radical (unpaired) electrons. The van der Waals surface area contributed by atoms with Crippen molar-refractivity contribution in [3.8, 4) is 0 Å². The van der Waals surface area contributed by atoms with Crippen LogP contribution in [-0.4, -0.2) is 52.1 Å². The number of hydrogen-bond acceptors (Lipinski definition) is 3. The first-order chi connectivity index (χ1) is 8.69. The maximum atomic E-state index is 14.5. The zero-order valence-electron chi connectivity index (χ0n) is 10.6. The second-order valence-corrected chi connectivity index (χ2v) is 8.03. The number of piperidine rings is 1. The van der Waals surface area contributed by atoms with Gasteiger partial charge in [-0.15, -0.1) is 11.8 Å². The van der Waals surface area contributed by atoms with E-state index in [0.29, 0.717) is 31.8 Å². The molecule has 1 saturated carbocycles. The van der Waals surface area contributed by atoms with Crippen LogP contribution in [0.4, 0.5) is 4.39 Å². The second kappa shape index (κ2) is 5.23. The fourth-order valence-corrected chi connectivity index (χ4v) is 5.57. The summed E-state index contributed by atoms with van der Waals surface area (Å²) in [5, 5.41) is 0.122. The van der Waals surface area contributed by atoms with Crippen molar-refractivity contribution in [2.45, 2.75) is 36.6 Å². The zero-order chi connectivity index (χ0) is 12.6. The number of hydrogen-bond donors (Lipinski definition) is 0. The Hall–Kier alpha value is 0.1000. The standard InChI is InChI=1S/C13H20FNOS2/c14-13(10-1-2-10)3-5-15(6-4-13)12(16)11-9-17-7-8-18-11/h10-11H,1-9H2. The molecule has 1 amide bonds. The molecule has 3 aliphatic rings. The number of carbonyl (C=O) groups excluding carboxylic acids is 1. The van der Waals surface area contributed by atoms with Crippen LogP contribution in [0, 0.1) is 5.92 Å². The minimum Gasteiger partial charge on any atom is -0.341 e. The molecule has 0 spiro atoms. The predicted octanol–water partition coefficient (Wildman–Crippen LogP) is 2.58. The van der Waals surface area contributed by atoms with Crippen molar-refractivity contribution in [3.63, 3.8) is 0 Å². The first kappa shape index (κ1) is 13.1. The van der Waals surface area contributed by atoms with Crippen molar-refractivity contribution in [1.82, 2.24) is 4.90 Å². The Kier molecular flexibility index (Phi) is 3.81. The van der Waals surface area contributed by atoms with Crippen LogP contribution in [-0.2, 0) is 4.79 Å². The number of thioether (sulfide) groups is 2. The molecule has 0 N–H and O–H groups in total. The van der Waals surface area contributed by atoms with Crippen LogP contribution in [0.2, 0.25) is 0 Å². The van der Waals surface area contributed by atoms with Gasteiger partial charge in [0.15, 0.2) is 0 Å². The van der Waals surface area contributed by atoms with Gasteiger partial charge < -0.3 is 4.90 Å². The monoisotopic (exact) mass is 289 g/mol. The number of halogens is 1. The zero-order valence-corrected chi connectivity index (χ0v) is 12.2. The smallest absolute Gasteiger partial charge is 0.236 e. The Morgan fingerprint density at radius 2 is 1.94 bits per heavy atom. The van der Waals surface area contributed by atoms with E-state index in [1.807, 2.05) is 16.7 Å². The van der Waals surface area contributed by atoms with E-state index in [1.165, 1.54) is 0 Å². The molecule has 3 rings (SSSR count). The van der Waals surface area contributed by atoms with Gasteiger partial charge in [0.1, 0.15) is 5.67 Å². The molecule has 1 aliphatic carbocycles. The number of rotatable bonds is 2. The van der Waals surface area contributed by atoms with Gasteiger partial charge in [0.2, 0.25) is 5.91 Å². The van der Waals surface area contributed by atoms with E-state index in [2.05, 4.69) is 0 Å². The average Bonchev–Trinajstić information content (AvgIpc) is 3.25. The summed E-state index contributed by atoms with van der Waals surface area (Å²) in [7, 11) is 0. The molecule has 0 aromatic heterocycles. The van der Waals surface area contributed by atoms with Crippen LogP contribution >= 0.6 is 23.5 Å². The Labute approximate surface area is 116 Å². The Morgan fingerprint density at radius 3 is 2.50 bits per heavy atom. The van der Waals surface area contributed by atoms with E-state index in [0.717, 1.165) is 30.1 Å². The molecule has 2 nitrogen and oxygen atoms in total. The molecule has 1 unspecified atom stereocenters. The third-order valence-electron chi connectivity index (χ3n) is 4.31. The van der Waals surface area contributed by atoms with Crippen LogP contribution in [0.25, 0.3) is 0 Å². The van der Waals surface area contributed by atoms with E-state index in [1.54, 1.807) is 11.8 Å². The topological polar surface area (TPSA) is 20.3 Å². The second-order valence-electron chi connectivity index (χ2n) is 5.57. The molecular weight excluding hydrogens is 269 g/mol. The fourth-order valence-electron chi connectivity index (χ4n) is 2.94. The molecule has 3 fully saturated rings. The summed E-state index contributed by atoms with van der Waals surface area (Å²) in [5.74, 6) is 3.72. The maximum absolute atomic E-state index is 14.5. The summed E-state index contributed by atoms with van der Waals surface area (Å²) in [6.45, 7) is 1.26. The summed E-state index contributed by atoms with van der Waals surface area (Å²) >= 11 is 3.65. The summed E-state index contributed by atoms with van der Waals surface area (Å²) < 4.78 is 14.5. The van der Waals surface area contributed by atoms with E-state index in [4.69, 9.17) is 0 Å². The van der Waals surface area contributed by atoms with Crippen LogP contribution in [0.1, 0.15) is 25.7 Å². The number of nitrogens with zero attached hydrogens (tertiary/aromatic N) is 1. The predicted molar refractivity (Wildman–Crippen MR) is 75.9 cm³/mol. The molecule has 0 aromatic carbocycles. The van der Waals surface area contributed by atoms with Crippen molar-refractivity contribution >= 4 is 29.4 Å². The van der Waals surface area contributed by atoms with Gasteiger partial charge >= 0.3 is 0 Å². The summed E-state index contributed by atoms with van der Waals surface area (Å²) in [4.78, 5) is 14.2. The molecule has 2 heterocycles. The van der Waals surface area contributed by atoms with Gasteiger partial charge in [-0.2, -0.15) is 11.8 Å². The van der Waals surface area contributed by atoms with Gasteiger partial charge in [-0.1, -0.05) is 0 Å². The Morgan fingerprint density at radius 1 is 1.22 bits per heavy atom. The first-order valence-corrected chi connectivity index (χ1v) is 9.06. The third kappa shape index (κ3) is 2.67. The molecule has 2 saturated heterocycles. The maximum Gasteiger partial charge on any atom is 0.236 e. The lowest BCUT2D eigenvalue weighted by molar-refractivity contribution is -0.133. The highest BCUT2D eigenvalue weighted by Gasteiger charge is 2.48. The summed E-state index contributed by atoms with van der Waals surface area (Å²) in [6, 6.07) is 0. The van der Waals surface area contributed by atoms with Crippen LogP contribution in [0.5, 0.6) is 0 Å². The van der Waals surface area contributed by atoms with Crippen LogP contribution < -0.4 is 0 Å². The van der Waals surface area contributed by atoms with E-state index in [-0.39, 0.29) is 11.2 Å². The lowest BCUT2D eigenvalue weighted by atomic mass is 9.88. The molecule has 0 aromatic rings.